The van der Waals surface area contributed by atoms with Gasteiger partial charge in [-0.25, -0.2) is 9.79 Å². The highest BCUT2D eigenvalue weighted by molar-refractivity contribution is 7.07. The lowest BCUT2D eigenvalue weighted by Gasteiger charge is -2.25. The van der Waals surface area contributed by atoms with E-state index in [2.05, 4.69) is 10.3 Å². The summed E-state index contributed by atoms with van der Waals surface area (Å²) in [5.74, 6) is 0.264. The second-order valence-corrected chi connectivity index (χ2v) is 10.8. The van der Waals surface area contributed by atoms with Crippen molar-refractivity contribution in [2.24, 2.45) is 4.99 Å². The molecule has 3 aromatic carbocycles. The monoisotopic (exact) mass is 591 g/mol. The van der Waals surface area contributed by atoms with Crippen molar-refractivity contribution in [3.63, 3.8) is 0 Å². The van der Waals surface area contributed by atoms with Crippen molar-refractivity contribution in [3.05, 3.63) is 139 Å². The summed E-state index contributed by atoms with van der Waals surface area (Å²) in [7, 11) is 1.58. The first-order valence-electron chi connectivity index (χ1n) is 13.3. The number of carboxylic acid groups (broad SMARTS) is 1. The summed E-state index contributed by atoms with van der Waals surface area (Å²) in [5.41, 5.74) is 2.79. The van der Waals surface area contributed by atoms with E-state index in [0.717, 1.165) is 5.56 Å². The molecule has 0 spiro atoms. The minimum Gasteiger partial charge on any atom is -0.497 e. The number of para-hydroxylation sites is 1. The van der Waals surface area contributed by atoms with Gasteiger partial charge < -0.3 is 19.6 Å². The topological polar surface area (TPSA) is 123 Å². The first-order chi connectivity index (χ1) is 20.8. The molecule has 0 fully saturated rings. The number of methoxy groups -OCH3 is 1. The van der Waals surface area contributed by atoms with Gasteiger partial charge in [-0.3, -0.25) is 14.2 Å². The summed E-state index contributed by atoms with van der Waals surface area (Å²) < 4.78 is 13.2. The Morgan fingerprint density at radius 3 is 2.40 bits per heavy atom. The van der Waals surface area contributed by atoms with Crippen molar-refractivity contribution in [2.45, 2.75) is 13.0 Å². The molecule has 43 heavy (non-hydrogen) atoms. The minimum atomic E-state index is -1.01. The highest BCUT2D eigenvalue weighted by atomic mass is 32.1. The van der Waals surface area contributed by atoms with E-state index in [0.29, 0.717) is 49.1 Å². The van der Waals surface area contributed by atoms with E-state index in [4.69, 9.17) is 14.3 Å². The highest BCUT2D eigenvalue weighted by Crippen LogP contribution is 2.32. The third kappa shape index (κ3) is 5.43. The number of carbonyl (C=O) groups is 2. The van der Waals surface area contributed by atoms with E-state index < -0.39 is 12.0 Å². The molecule has 3 heterocycles. The number of furan rings is 1. The van der Waals surface area contributed by atoms with E-state index in [9.17, 15) is 14.4 Å². The third-order valence-corrected chi connectivity index (χ3v) is 8.03. The molecule has 10 heteroatoms. The van der Waals surface area contributed by atoms with Crippen molar-refractivity contribution in [3.8, 4) is 17.1 Å². The molecule has 2 N–H and O–H groups in total. The van der Waals surface area contributed by atoms with Gasteiger partial charge in [0.05, 0.1) is 34.5 Å². The quantitative estimate of drug-likeness (QED) is 0.279. The molecule has 0 bridgehead atoms. The summed E-state index contributed by atoms with van der Waals surface area (Å²) in [5, 5.41) is 12.1. The number of benzene rings is 3. The Labute approximate surface area is 249 Å². The normalized spacial score (nSPS) is 14.7. The number of amides is 1. The van der Waals surface area contributed by atoms with E-state index in [1.807, 2.05) is 30.3 Å². The van der Waals surface area contributed by atoms with Crippen LogP contribution in [0.15, 0.2) is 116 Å². The lowest BCUT2D eigenvalue weighted by atomic mass is 9.95. The van der Waals surface area contributed by atoms with E-state index in [-0.39, 0.29) is 17.0 Å². The molecule has 6 rings (SSSR count). The molecule has 1 aliphatic heterocycles. The lowest BCUT2D eigenvalue weighted by molar-refractivity contribution is -0.113. The van der Waals surface area contributed by atoms with E-state index in [1.165, 1.54) is 23.5 Å². The van der Waals surface area contributed by atoms with Crippen LogP contribution in [0, 0.1) is 0 Å². The number of anilines is 1. The van der Waals surface area contributed by atoms with Gasteiger partial charge in [-0.15, -0.1) is 0 Å². The number of rotatable bonds is 7. The van der Waals surface area contributed by atoms with Gasteiger partial charge in [-0.2, -0.15) is 0 Å². The standard InChI is InChI=1S/C33H25N3O6S/c1-19-28(30(37)35-23-6-4-3-5-7-23)29(21-12-14-24(41-2)15-13-21)36-31(38)27(43-33(36)34-19)18-25-16-17-26(42-25)20-8-10-22(11-9-20)32(39)40/h3-18,29H,1-2H3,(H,35,37)(H,39,40). The predicted octanol–water partition coefficient (Wildman–Crippen LogP) is 4.84. The Morgan fingerprint density at radius 1 is 1.00 bits per heavy atom. The second kappa shape index (κ2) is 11.4. The molecule has 0 radical (unpaired) electrons. The number of aromatic nitrogens is 1. The van der Waals surface area contributed by atoms with Crippen LogP contribution in [0.5, 0.6) is 5.75 Å². The van der Waals surface area contributed by atoms with Gasteiger partial charge in [0.1, 0.15) is 17.3 Å². The molecule has 5 aromatic rings. The lowest BCUT2D eigenvalue weighted by Crippen LogP contribution is -2.40. The number of hydrogen-bond donors (Lipinski definition) is 2. The molecular weight excluding hydrogens is 566 g/mol. The number of allylic oxidation sites excluding steroid dienone is 1. The maximum atomic E-state index is 13.9. The maximum absolute atomic E-state index is 13.9. The number of thiazole rings is 1. The van der Waals surface area contributed by atoms with Crippen LogP contribution in [-0.2, 0) is 4.79 Å². The number of carbonyl (C=O) groups excluding carboxylic acids is 1. The van der Waals surface area contributed by atoms with Gasteiger partial charge in [0.15, 0.2) is 4.80 Å². The van der Waals surface area contributed by atoms with Crippen molar-refractivity contribution in [1.29, 1.82) is 0 Å². The fourth-order valence-electron chi connectivity index (χ4n) is 4.93. The van der Waals surface area contributed by atoms with Crippen LogP contribution in [0.3, 0.4) is 0 Å². The molecule has 1 unspecified atom stereocenters. The van der Waals surface area contributed by atoms with Crippen molar-refractivity contribution in [2.75, 3.05) is 12.4 Å². The van der Waals surface area contributed by atoms with Crippen molar-refractivity contribution >= 4 is 35.0 Å². The highest BCUT2D eigenvalue weighted by Gasteiger charge is 2.32. The van der Waals surface area contributed by atoms with Gasteiger partial charge in [0.25, 0.3) is 11.5 Å². The molecule has 1 atom stereocenters. The smallest absolute Gasteiger partial charge is 0.335 e. The number of fused-ring (bicyclic) bond motifs is 1. The van der Waals surface area contributed by atoms with Crippen LogP contribution in [0.25, 0.3) is 17.4 Å². The Balaban J connectivity index is 1.42. The Bertz CT molecular complexity index is 2050. The van der Waals surface area contributed by atoms with Crippen LogP contribution in [0.2, 0.25) is 0 Å². The van der Waals surface area contributed by atoms with Crippen LogP contribution in [-0.4, -0.2) is 28.7 Å². The predicted molar refractivity (Wildman–Crippen MR) is 163 cm³/mol. The molecule has 0 aliphatic carbocycles. The number of aromatic carboxylic acids is 1. The van der Waals surface area contributed by atoms with Gasteiger partial charge in [0.2, 0.25) is 0 Å². The van der Waals surface area contributed by atoms with Crippen LogP contribution < -0.4 is 24.9 Å². The number of nitrogens with zero attached hydrogens (tertiary/aromatic N) is 2. The van der Waals surface area contributed by atoms with E-state index >= 15 is 0 Å². The van der Waals surface area contributed by atoms with Crippen molar-refractivity contribution in [1.82, 2.24) is 4.57 Å². The zero-order valence-electron chi connectivity index (χ0n) is 23.1. The molecule has 1 aliphatic rings. The van der Waals surface area contributed by atoms with Gasteiger partial charge in [-0.1, -0.05) is 53.8 Å². The average molecular weight is 592 g/mol. The molecule has 0 saturated carbocycles. The maximum Gasteiger partial charge on any atom is 0.335 e. The number of ether oxygens (including phenoxy) is 1. The van der Waals surface area contributed by atoms with Crippen molar-refractivity contribution < 1.29 is 23.8 Å². The summed E-state index contributed by atoms with van der Waals surface area (Å²) >= 11 is 1.21. The molecular formula is C33H25N3O6S. The van der Waals surface area contributed by atoms with Gasteiger partial charge >= 0.3 is 5.97 Å². The fourth-order valence-corrected chi connectivity index (χ4v) is 5.95. The molecule has 0 saturated heterocycles. The zero-order valence-corrected chi connectivity index (χ0v) is 23.9. The summed E-state index contributed by atoms with van der Waals surface area (Å²) in [4.78, 5) is 43.9. The number of nitrogens with one attached hydrogen (secondary N) is 1. The Hall–Kier alpha value is -5.48. The van der Waals surface area contributed by atoms with Gasteiger partial charge in [-0.05, 0) is 61.0 Å². The molecule has 214 valence electrons. The summed E-state index contributed by atoms with van der Waals surface area (Å²) in [6.07, 6.45) is 1.65. The van der Waals surface area contributed by atoms with Gasteiger partial charge in [0, 0.05) is 17.3 Å². The third-order valence-electron chi connectivity index (χ3n) is 7.05. The first-order valence-corrected chi connectivity index (χ1v) is 14.1. The second-order valence-electron chi connectivity index (χ2n) is 9.76. The largest absolute Gasteiger partial charge is 0.497 e. The van der Waals surface area contributed by atoms with E-state index in [1.54, 1.807) is 73.2 Å². The van der Waals surface area contributed by atoms with Crippen LogP contribution >= 0.6 is 11.3 Å². The molecule has 1 amide bonds. The summed E-state index contributed by atoms with van der Waals surface area (Å²) in [6.45, 7) is 1.77. The first kappa shape index (κ1) is 27.7. The Kier molecular flexibility index (Phi) is 7.35. The molecule has 2 aromatic heterocycles. The summed E-state index contributed by atoms with van der Waals surface area (Å²) in [6, 6.07) is 25.5. The minimum absolute atomic E-state index is 0.176. The SMILES string of the molecule is COc1ccc(C2C(C(=O)Nc3ccccc3)=C(C)N=c3sc(=Cc4ccc(-c5ccc(C(=O)O)cc5)o4)c(=O)n32)cc1. The average Bonchev–Trinajstić information content (AvgIpc) is 3.61. The fraction of sp³-hybridized carbons (Fsp3) is 0.0909. The zero-order chi connectivity index (χ0) is 30.1. The van der Waals surface area contributed by atoms with Crippen LogP contribution in [0.1, 0.15) is 34.6 Å². The number of hydrogen-bond acceptors (Lipinski definition) is 7. The molecule has 9 nitrogen and oxygen atoms in total. The van der Waals surface area contributed by atoms with Crippen LogP contribution in [0.4, 0.5) is 5.69 Å². The Morgan fingerprint density at radius 2 is 1.72 bits per heavy atom. The number of carboxylic acids is 1.